The van der Waals surface area contributed by atoms with Gasteiger partial charge < -0.3 is 18.6 Å². The molecule has 0 atom stereocenters. The molecule has 1 spiro atoms. The number of aromatic nitrogens is 5. The van der Waals surface area contributed by atoms with Crippen LogP contribution in [0.3, 0.4) is 0 Å². The number of ether oxygens (including phenoxy) is 2. The fraction of sp³-hybridized carbons (Fsp3) is 0.467. The number of halogens is 3. The SMILES string of the molecule is CC(C)(C)OC(=O)N1C(=O)n2c(nc3c(OS(=O)(=O)C(F)(F)F)cccc32)C12CCN(c1ncnc3c1ccn3C(=O)OC(C)(C)C)CC2. The van der Waals surface area contributed by atoms with Gasteiger partial charge in [-0.2, -0.15) is 21.6 Å². The molecule has 2 amide bonds. The minimum absolute atomic E-state index is 0.00220. The highest BCUT2D eigenvalue weighted by atomic mass is 32.2. The number of carbonyl (C=O) groups is 3. The van der Waals surface area contributed by atoms with Gasteiger partial charge in [-0.15, -0.1) is 0 Å². The molecule has 2 aliphatic rings. The largest absolute Gasteiger partial charge is 0.534 e. The van der Waals surface area contributed by atoms with Crippen LogP contribution in [0.25, 0.3) is 22.1 Å². The third-order valence-corrected chi connectivity index (χ3v) is 8.84. The first-order valence-electron chi connectivity index (χ1n) is 15.0. The molecule has 0 bridgehead atoms. The lowest BCUT2D eigenvalue weighted by molar-refractivity contribution is -0.0499. The number of alkyl halides is 3. The maximum Gasteiger partial charge on any atom is 0.534 e. The highest BCUT2D eigenvalue weighted by molar-refractivity contribution is 7.88. The van der Waals surface area contributed by atoms with E-state index in [0.29, 0.717) is 16.9 Å². The van der Waals surface area contributed by atoms with E-state index in [2.05, 4.69) is 19.1 Å². The average Bonchev–Trinajstić information content (AvgIpc) is 3.63. The molecular weight excluding hydrogens is 675 g/mol. The van der Waals surface area contributed by atoms with E-state index in [1.165, 1.54) is 29.2 Å². The minimum atomic E-state index is -6.06. The molecule has 0 radical (unpaired) electrons. The zero-order chi connectivity index (χ0) is 35.9. The zero-order valence-corrected chi connectivity index (χ0v) is 28.0. The number of benzene rings is 1. The summed E-state index contributed by atoms with van der Waals surface area (Å²) in [4.78, 5) is 56.5. The van der Waals surface area contributed by atoms with Crippen molar-refractivity contribution in [3.05, 3.63) is 42.6 Å². The summed E-state index contributed by atoms with van der Waals surface area (Å²) in [6.45, 7) is 10.5. The maximum absolute atomic E-state index is 14.0. The molecule has 0 N–H and O–H groups in total. The van der Waals surface area contributed by atoms with E-state index in [0.717, 1.165) is 15.5 Å². The number of para-hydroxylation sites is 1. The van der Waals surface area contributed by atoms with E-state index in [4.69, 9.17) is 9.47 Å². The number of rotatable bonds is 3. The van der Waals surface area contributed by atoms with Gasteiger partial charge in [-0.1, -0.05) is 6.07 Å². The van der Waals surface area contributed by atoms with Crippen LogP contribution in [0.2, 0.25) is 0 Å². The van der Waals surface area contributed by atoms with Crippen LogP contribution in [0, 0.1) is 0 Å². The highest BCUT2D eigenvalue weighted by Gasteiger charge is 2.58. The van der Waals surface area contributed by atoms with Gasteiger partial charge in [0, 0.05) is 19.3 Å². The summed E-state index contributed by atoms with van der Waals surface area (Å²) in [5.41, 5.74) is -8.99. The van der Waals surface area contributed by atoms with E-state index in [-0.39, 0.29) is 42.8 Å². The Morgan fingerprint density at radius 3 is 2.16 bits per heavy atom. The Balaban J connectivity index is 1.40. The van der Waals surface area contributed by atoms with Crippen molar-refractivity contribution >= 4 is 56.2 Å². The fourth-order valence-electron chi connectivity index (χ4n) is 5.94. The van der Waals surface area contributed by atoms with Crippen molar-refractivity contribution in [3.8, 4) is 5.75 Å². The monoisotopic (exact) mass is 707 g/mol. The lowest BCUT2D eigenvalue weighted by Crippen LogP contribution is -2.55. The topological polar surface area (TPSA) is 168 Å². The van der Waals surface area contributed by atoms with Crippen molar-refractivity contribution in [1.29, 1.82) is 0 Å². The van der Waals surface area contributed by atoms with Crippen LogP contribution in [-0.2, 0) is 25.1 Å². The van der Waals surface area contributed by atoms with Gasteiger partial charge in [-0.25, -0.2) is 43.4 Å². The van der Waals surface area contributed by atoms with Crippen LogP contribution in [-0.4, -0.2) is 85.4 Å². The summed E-state index contributed by atoms with van der Waals surface area (Å²) in [6, 6.07) is 4.34. The van der Waals surface area contributed by atoms with Gasteiger partial charge in [0.15, 0.2) is 11.4 Å². The molecule has 19 heteroatoms. The summed E-state index contributed by atoms with van der Waals surface area (Å²) < 4.78 is 81.2. The van der Waals surface area contributed by atoms with Crippen LogP contribution in [0.1, 0.15) is 60.2 Å². The van der Waals surface area contributed by atoms with Gasteiger partial charge in [0.25, 0.3) is 0 Å². The fourth-order valence-corrected chi connectivity index (χ4v) is 6.41. The number of fused-ring (bicyclic) bond motifs is 5. The van der Waals surface area contributed by atoms with Crippen LogP contribution in [0.15, 0.2) is 36.8 Å². The Morgan fingerprint density at radius 2 is 1.55 bits per heavy atom. The van der Waals surface area contributed by atoms with E-state index in [9.17, 15) is 36.0 Å². The van der Waals surface area contributed by atoms with Crippen LogP contribution in [0.5, 0.6) is 5.75 Å². The number of anilines is 1. The van der Waals surface area contributed by atoms with E-state index in [1.54, 1.807) is 47.6 Å². The van der Waals surface area contributed by atoms with Crippen molar-refractivity contribution in [2.24, 2.45) is 0 Å². The maximum atomic E-state index is 14.0. The second kappa shape index (κ2) is 11.0. The number of imidazole rings is 1. The predicted octanol–water partition coefficient (Wildman–Crippen LogP) is 5.51. The van der Waals surface area contributed by atoms with Crippen molar-refractivity contribution in [1.82, 2.24) is 29.0 Å². The summed E-state index contributed by atoms with van der Waals surface area (Å²) >= 11 is 0. The number of nitrogens with zero attached hydrogens (tertiary/aromatic N) is 7. The van der Waals surface area contributed by atoms with Gasteiger partial charge in [0.05, 0.1) is 10.9 Å². The van der Waals surface area contributed by atoms with E-state index < -0.39 is 56.3 Å². The highest BCUT2D eigenvalue weighted by Crippen LogP contribution is 2.47. The molecule has 15 nitrogen and oxygen atoms in total. The first kappa shape index (κ1) is 33.9. The first-order valence-corrected chi connectivity index (χ1v) is 16.4. The summed E-state index contributed by atoms with van der Waals surface area (Å²) in [7, 11) is -6.06. The van der Waals surface area contributed by atoms with Crippen molar-refractivity contribution in [2.75, 3.05) is 18.0 Å². The average molecular weight is 708 g/mol. The minimum Gasteiger partial charge on any atom is -0.443 e. The molecule has 0 unspecified atom stereocenters. The quantitative estimate of drug-likeness (QED) is 0.194. The van der Waals surface area contributed by atoms with E-state index in [1.807, 2.05) is 4.90 Å². The van der Waals surface area contributed by atoms with Crippen molar-refractivity contribution < 1.29 is 49.6 Å². The Morgan fingerprint density at radius 1 is 0.918 bits per heavy atom. The Hall–Kier alpha value is -4.94. The molecule has 1 saturated heterocycles. The molecule has 262 valence electrons. The van der Waals surface area contributed by atoms with Crippen molar-refractivity contribution in [3.63, 3.8) is 0 Å². The third kappa shape index (κ3) is 5.78. The Kier molecular flexibility index (Phi) is 7.65. The Labute approximate surface area is 277 Å². The molecule has 6 rings (SSSR count). The number of hydrogen-bond acceptors (Lipinski definition) is 12. The molecule has 1 fully saturated rings. The van der Waals surface area contributed by atoms with Gasteiger partial charge in [0.1, 0.15) is 40.2 Å². The lowest BCUT2D eigenvalue weighted by Gasteiger charge is -2.42. The zero-order valence-electron chi connectivity index (χ0n) is 27.2. The smallest absolute Gasteiger partial charge is 0.443 e. The summed E-state index contributed by atoms with van der Waals surface area (Å²) in [5, 5.41) is 0.538. The summed E-state index contributed by atoms with van der Waals surface area (Å²) in [6.07, 6.45) is 1.35. The second-order valence-corrected chi connectivity index (χ2v) is 15.1. The standard InChI is InChI=1S/C30H32F3N7O8S/c1-27(2,3)46-25(42)38-13-10-17-21(34-16-35-22(17)38)37-14-11-29(12-15-37)23-36-20-18(8-7-9-19(20)48-49(44,45)30(31,32)33)39(23)24(41)40(29)26(43)47-28(4,5)6/h7-10,13,16H,11-12,14-15H2,1-6H3. The number of amides is 2. The summed E-state index contributed by atoms with van der Waals surface area (Å²) in [5.74, 6) is -0.266. The van der Waals surface area contributed by atoms with Crippen LogP contribution < -0.4 is 9.08 Å². The third-order valence-electron chi connectivity index (χ3n) is 7.87. The van der Waals surface area contributed by atoms with Crippen LogP contribution >= 0.6 is 0 Å². The van der Waals surface area contributed by atoms with Gasteiger partial charge >= 0.3 is 33.8 Å². The molecule has 3 aromatic heterocycles. The molecule has 1 aromatic carbocycles. The normalized spacial score (nSPS) is 16.8. The van der Waals surface area contributed by atoms with Gasteiger partial charge in [0.2, 0.25) is 0 Å². The molecule has 0 saturated carbocycles. The molecule has 4 aromatic rings. The lowest BCUT2D eigenvalue weighted by atomic mass is 9.86. The number of imide groups is 1. The van der Waals surface area contributed by atoms with Gasteiger partial charge in [-0.05, 0) is 72.6 Å². The number of carbonyl (C=O) groups excluding carboxylic acids is 3. The molecule has 5 heterocycles. The van der Waals surface area contributed by atoms with Crippen LogP contribution in [0.4, 0.5) is 33.4 Å². The molecule has 2 aliphatic heterocycles. The van der Waals surface area contributed by atoms with E-state index >= 15 is 0 Å². The first-order chi connectivity index (χ1) is 22.6. The second-order valence-electron chi connectivity index (χ2n) is 13.6. The number of hydrogen-bond donors (Lipinski definition) is 0. The predicted molar refractivity (Wildman–Crippen MR) is 166 cm³/mol. The van der Waals surface area contributed by atoms with Crippen molar-refractivity contribution in [2.45, 2.75) is 76.6 Å². The molecule has 49 heavy (non-hydrogen) atoms. The Bertz CT molecular complexity index is 2120. The number of piperidine rings is 1. The molecule has 0 aliphatic carbocycles. The van der Waals surface area contributed by atoms with Gasteiger partial charge in [-0.3, -0.25) is 0 Å². The molecular formula is C30H32F3N7O8S.